The molecule has 7 nitrogen and oxygen atoms in total. The zero-order chi connectivity index (χ0) is 28.6. The molecule has 0 atom stereocenters. The third-order valence-electron chi connectivity index (χ3n) is 6.29. The molecule has 1 saturated carbocycles. The summed E-state index contributed by atoms with van der Waals surface area (Å²) in [4.78, 5) is 31.6. The third-order valence-corrected chi connectivity index (χ3v) is 6.29. The van der Waals surface area contributed by atoms with E-state index in [9.17, 15) is 31.5 Å². The van der Waals surface area contributed by atoms with E-state index in [2.05, 4.69) is 20.6 Å². The third kappa shape index (κ3) is 9.67. The smallest absolute Gasteiger partial charge is 0.352 e. The number of nitrogens with zero attached hydrogens (tertiary/aromatic N) is 2. The van der Waals surface area contributed by atoms with Gasteiger partial charge < -0.3 is 20.2 Å². The molecule has 2 amide bonds. The normalized spacial score (nSPS) is 15.1. The van der Waals surface area contributed by atoms with Gasteiger partial charge in [-0.1, -0.05) is 12.5 Å². The summed E-state index contributed by atoms with van der Waals surface area (Å²) in [5, 5.41) is 5.32. The number of rotatable bonds is 8. The van der Waals surface area contributed by atoms with Crippen LogP contribution in [0.2, 0.25) is 0 Å². The molecule has 39 heavy (non-hydrogen) atoms. The van der Waals surface area contributed by atoms with Gasteiger partial charge in [-0.05, 0) is 56.5 Å². The molecular formula is C27H34F5N5O2. The monoisotopic (exact) mass is 555 g/mol. The number of H-pyrrole nitrogens is 1. The second kappa shape index (κ2) is 13.1. The number of hydrogen-bond acceptors (Lipinski definition) is 3. The quantitative estimate of drug-likeness (QED) is 0.280. The summed E-state index contributed by atoms with van der Waals surface area (Å²) >= 11 is 0. The first kappa shape index (κ1) is 30.1. The number of amides is 2. The average Bonchev–Trinajstić information content (AvgIpc) is 3.51. The van der Waals surface area contributed by atoms with Gasteiger partial charge >= 0.3 is 6.18 Å². The van der Waals surface area contributed by atoms with Crippen LogP contribution in [0.4, 0.5) is 22.0 Å². The largest absolute Gasteiger partial charge is 0.389 e. The second-order valence-electron chi connectivity index (χ2n) is 9.92. The number of aromatic amines is 1. The number of fused-ring (bicyclic) bond motifs is 1. The average molecular weight is 556 g/mol. The number of aromatic nitrogens is 3. The lowest BCUT2D eigenvalue weighted by molar-refractivity contribution is -0.144. The number of imidazole rings is 1. The highest BCUT2D eigenvalue weighted by atomic mass is 19.4. The van der Waals surface area contributed by atoms with E-state index in [1.54, 1.807) is 24.3 Å². The minimum atomic E-state index is -4.35. The van der Waals surface area contributed by atoms with Gasteiger partial charge in [0, 0.05) is 38.0 Å². The maximum Gasteiger partial charge on any atom is 0.389 e. The maximum atomic E-state index is 12.5. The van der Waals surface area contributed by atoms with Crippen molar-refractivity contribution in [2.24, 2.45) is 0 Å². The van der Waals surface area contributed by atoms with Crippen molar-refractivity contribution in [3.8, 4) is 0 Å². The standard InChI is InChI=1S/C21H24F3N5O2.C6H10F2/c1-13(2)29-9-3-4-17(29)20(31)26-12-18-27-15-6-5-14(10-16(15)28-18)11-25-19(30)7-8-21(22,23)24;7-6(8)4-2-1-3-5-6/h3-6,9-10,13H,7-8,11-12H2,1-2H3,(H,25,30)(H,26,31)(H,27,28);1-5H2. The Morgan fingerprint density at radius 1 is 1.08 bits per heavy atom. The van der Waals surface area contributed by atoms with Gasteiger partial charge in [-0.15, -0.1) is 0 Å². The number of halogens is 5. The van der Waals surface area contributed by atoms with Crippen molar-refractivity contribution in [3.63, 3.8) is 0 Å². The van der Waals surface area contributed by atoms with Crippen LogP contribution < -0.4 is 10.6 Å². The van der Waals surface area contributed by atoms with Crippen molar-refractivity contribution in [3.05, 3.63) is 53.6 Å². The lowest BCUT2D eigenvalue weighted by atomic mass is 9.97. The molecule has 0 bridgehead atoms. The van der Waals surface area contributed by atoms with Crippen LogP contribution in [0.15, 0.2) is 36.5 Å². The summed E-state index contributed by atoms with van der Waals surface area (Å²) < 4.78 is 62.8. The van der Waals surface area contributed by atoms with E-state index in [0.717, 1.165) is 12.0 Å². The predicted molar refractivity (Wildman–Crippen MR) is 137 cm³/mol. The Morgan fingerprint density at radius 2 is 1.79 bits per heavy atom. The van der Waals surface area contributed by atoms with E-state index in [1.807, 2.05) is 30.7 Å². The first-order valence-corrected chi connectivity index (χ1v) is 13.0. The number of benzene rings is 1. The fourth-order valence-electron chi connectivity index (χ4n) is 4.21. The topological polar surface area (TPSA) is 91.8 Å². The van der Waals surface area contributed by atoms with Gasteiger partial charge in [0.1, 0.15) is 11.5 Å². The Morgan fingerprint density at radius 3 is 2.41 bits per heavy atom. The summed E-state index contributed by atoms with van der Waals surface area (Å²) in [5.41, 5.74) is 2.68. The zero-order valence-corrected chi connectivity index (χ0v) is 22.0. The number of alkyl halides is 5. The molecular weight excluding hydrogens is 521 g/mol. The van der Waals surface area contributed by atoms with Gasteiger partial charge in [0.2, 0.25) is 11.8 Å². The molecule has 1 aliphatic carbocycles. The fourth-order valence-corrected chi connectivity index (χ4v) is 4.21. The van der Waals surface area contributed by atoms with Crippen molar-refractivity contribution < 1.29 is 31.5 Å². The van der Waals surface area contributed by atoms with Gasteiger partial charge in [0.05, 0.1) is 24.0 Å². The predicted octanol–water partition coefficient (Wildman–Crippen LogP) is 6.42. The number of carbonyl (C=O) groups is 2. The Bertz CT molecular complexity index is 1240. The minimum absolute atomic E-state index is 0.115. The van der Waals surface area contributed by atoms with Gasteiger partial charge in [-0.2, -0.15) is 13.2 Å². The summed E-state index contributed by atoms with van der Waals surface area (Å²) in [6, 6.07) is 8.99. The summed E-state index contributed by atoms with van der Waals surface area (Å²) in [7, 11) is 0. The highest BCUT2D eigenvalue weighted by molar-refractivity contribution is 5.92. The molecule has 0 radical (unpaired) electrons. The minimum Gasteiger partial charge on any atom is -0.352 e. The summed E-state index contributed by atoms with van der Waals surface area (Å²) in [6.45, 7) is 4.31. The molecule has 1 fully saturated rings. The number of carbonyl (C=O) groups excluding carboxylic acids is 2. The highest BCUT2D eigenvalue weighted by Gasteiger charge is 2.30. The van der Waals surface area contributed by atoms with Crippen molar-refractivity contribution >= 4 is 22.8 Å². The van der Waals surface area contributed by atoms with Gasteiger partial charge in [-0.3, -0.25) is 9.59 Å². The lowest BCUT2D eigenvalue weighted by Crippen LogP contribution is -2.26. The van der Waals surface area contributed by atoms with Gasteiger partial charge in [-0.25, -0.2) is 13.8 Å². The van der Waals surface area contributed by atoms with E-state index < -0.39 is 30.8 Å². The Kier molecular flexibility index (Phi) is 10.1. The highest BCUT2D eigenvalue weighted by Crippen LogP contribution is 2.32. The molecule has 2 aromatic heterocycles. The van der Waals surface area contributed by atoms with Gasteiger partial charge in [0.15, 0.2) is 0 Å². The van der Waals surface area contributed by atoms with Crippen LogP contribution in [-0.4, -0.2) is 38.4 Å². The maximum absolute atomic E-state index is 12.5. The Balaban J connectivity index is 0.000000449. The Labute approximate surface area is 223 Å². The molecule has 2 heterocycles. The van der Waals surface area contributed by atoms with Gasteiger partial charge in [0.25, 0.3) is 5.91 Å². The zero-order valence-electron chi connectivity index (χ0n) is 22.0. The number of hydrogen-bond donors (Lipinski definition) is 3. The van der Waals surface area contributed by atoms with Crippen LogP contribution >= 0.6 is 0 Å². The molecule has 1 aliphatic rings. The first-order chi connectivity index (χ1) is 18.3. The van der Waals surface area contributed by atoms with E-state index in [1.165, 1.54) is 0 Å². The molecule has 0 saturated heterocycles. The molecule has 0 spiro atoms. The van der Waals surface area contributed by atoms with Crippen molar-refractivity contribution in [2.45, 2.75) is 90.0 Å². The fraction of sp³-hybridized carbons (Fsp3) is 0.519. The molecule has 0 unspecified atom stereocenters. The van der Waals surface area contributed by atoms with Crippen LogP contribution in [0.5, 0.6) is 0 Å². The van der Waals surface area contributed by atoms with Crippen LogP contribution in [-0.2, 0) is 17.9 Å². The van der Waals surface area contributed by atoms with Crippen molar-refractivity contribution in [1.29, 1.82) is 0 Å². The Hall–Kier alpha value is -3.44. The molecule has 3 N–H and O–H groups in total. The SMILES string of the molecule is CC(C)n1cccc1C(=O)NCc1nc2ccc(CNC(=O)CCC(F)(F)F)cc2[nH]1.FC1(F)CCCCC1. The molecule has 214 valence electrons. The van der Waals surface area contributed by atoms with Crippen LogP contribution in [0, 0.1) is 0 Å². The molecule has 4 rings (SSSR count). The van der Waals surface area contributed by atoms with Crippen LogP contribution in [0.1, 0.15) is 86.7 Å². The van der Waals surface area contributed by atoms with E-state index in [4.69, 9.17) is 0 Å². The van der Waals surface area contributed by atoms with E-state index in [-0.39, 0.29) is 37.9 Å². The first-order valence-electron chi connectivity index (χ1n) is 13.0. The molecule has 3 aromatic rings. The van der Waals surface area contributed by atoms with E-state index >= 15 is 0 Å². The number of nitrogens with one attached hydrogen (secondary N) is 3. The molecule has 1 aromatic carbocycles. The lowest BCUT2D eigenvalue weighted by Gasteiger charge is -2.20. The van der Waals surface area contributed by atoms with Crippen molar-refractivity contribution in [2.75, 3.05) is 0 Å². The molecule has 0 aliphatic heterocycles. The van der Waals surface area contributed by atoms with Crippen LogP contribution in [0.25, 0.3) is 11.0 Å². The molecule has 12 heteroatoms. The van der Waals surface area contributed by atoms with Crippen LogP contribution in [0.3, 0.4) is 0 Å². The summed E-state index contributed by atoms with van der Waals surface area (Å²) in [6.07, 6.45) is -1.58. The van der Waals surface area contributed by atoms with Crippen molar-refractivity contribution in [1.82, 2.24) is 25.2 Å². The van der Waals surface area contributed by atoms with E-state index in [0.29, 0.717) is 35.4 Å². The second-order valence-corrected chi connectivity index (χ2v) is 9.92. The summed E-state index contributed by atoms with van der Waals surface area (Å²) in [5.74, 6) is -2.62.